The summed E-state index contributed by atoms with van der Waals surface area (Å²) in [7, 11) is -1.73. The third kappa shape index (κ3) is 7.61. The number of likely N-dealkylation sites (tertiary alicyclic amines) is 1. The van der Waals surface area contributed by atoms with E-state index >= 15 is 0 Å². The van der Waals surface area contributed by atoms with Crippen molar-refractivity contribution in [3.8, 4) is 0 Å². The SMILES string of the molecule is Cc1cccc(CN(C(=O)C2CN(C(=O)O)CCC2c2ccc(CCCO[Si](C)(C)C(C)(C)C)cc2)C2CC2)c1C. The second-order valence-electron chi connectivity index (χ2n) is 13.7. The van der Waals surface area contributed by atoms with Gasteiger partial charge in [0.15, 0.2) is 8.32 Å². The molecule has 2 aromatic rings. The zero-order chi connectivity index (χ0) is 29.9. The predicted molar refractivity (Wildman–Crippen MR) is 168 cm³/mol. The summed E-state index contributed by atoms with van der Waals surface area (Å²) in [5, 5.41) is 10.00. The summed E-state index contributed by atoms with van der Waals surface area (Å²) in [5.74, 6) is -0.278. The predicted octanol–water partition coefficient (Wildman–Crippen LogP) is 7.53. The molecule has 1 N–H and O–H groups in total. The van der Waals surface area contributed by atoms with Crippen LogP contribution in [0.1, 0.15) is 80.2 Å². The van der Waals surface area contributed by atoms with E-state index in [9.17, 15) is 14.7 Å². The molecule has 41 heavy (non-hydrogen) atoms. The fourth-order valence-corrected chi connectivity index (χ4v) is 6.77. The van der Waals surface area contributed by atoms with Gasteiger partial charge in [-0.2, -0.15) is 0 Å². The van der Waals surface area contributed by atoms with Crippen LogP contribution in [0.4, 0.5) is 4.79 Å². The second-order valence-corrected chi connectivity index (χ2v) is 18.5. The van der Waals surface area contributed by atoms with Crippen LogP contribution >= 0.6 is 0 Å². The second kappa shape index (κ2) is 12.7. The highest BCUT2D eigenvalue weighted by molar-refractivity contribution is 6.74. The summed E-state index contributed by atoms with van der Waals surface area (Å²) < 4.78 is 6.35. The quantitative estimate of drug-likeness (QED) is 0.234. The Morgan fingerprint density at radius 3 is 2.34 bits per heavy atom. The Morgan fingerprint density at radius 2 is 1.73 bits per heavy atom. The maximum absolute atomic E-state index is 14.2. The maximum Gasteiger partial charge on any atom is 0.407 e. The van der Waals surface area contributed by atoms with Crippen molar-refractivity contribution in [2.24, 2.45) is 5.92 Å². The molecule has 1 heterocycles. The normalized spacial score (nSPS) is 19.7. The highest BCUT2D eigenvalue weighted by Crippen LogP contribution is 2.39. The van der Waals surface area contributed by atoms with Crippen LogP contribution in [0.2, 0.25) is 18.1 Å². The number of piperidine rings is 1. The van der Waals surface area contributed by atoms with Gasteiger partial charge in [-0.1, -0.05) is 63.2 Å². The van der Waals surface area contributed by atoms with Gasteiger partial charge in [-0.3, -0.25) is 4.79 Å². The van der Waals surface area contributed by atoms with Crippen LogP contribution < -0.4 is 0 Å². The molecular formula is C34H50N2O4Si. The minimum atomic E-state index is -1.73. The summed E-state index contributed by atoms with van der Waals surface area (Å²) in [6, 6.07) is 15.2. The van der Waals surface area contributed by atoms with E-state index in [0.717, 1.165) is 37.9 Å². The fraction of sp³-hybridized carbons (Fsp3) is 0.588. The zero-order valence-corrected chi connectivity index (χ0v) is 27.2. The molecule has 2 unspecified atom stereocenters. The van der Waals surface area contributed by atoms with E-state index in [1.54, 1.807) is 0 Å². The Bertz CT molecular complexity index is 1220. The highest BCUT2D eigenvalue weighted by atomic mass is 28.4. The van der Waals surface area contributed by atoms with Crippen LogP contribution in [0.3, 0.4) is 0 Å². The van der Waals surface area contributed by atoms with Crippen LogP contribution in [0.5, 0.6) is 0 Å². The van der Waals surface area contributed by atoms with Crippen molar-refractivity contribution < 1.29 is 19.1 Å². The number of benzene rings is 2. The van der Waals surface area contributed by atoms with Crippen molar-refractivity contribution in [1.82, 2.24) is 9.80 Å². The molecule has 2 aromatic carbocycles. The van der Waals surface area contributed by atoms with Crippen molar-refractivity contribution in [2.45, 2.75) is 103 Å². The Hall–Kier alpha value is -2.64. The summed E-state index contributed by atoms with van der Waals surface area (Å²) in [5.41, 5.74) is 6.04. The molecule has 2 amide bonds. The van der Waals surface area contributed by atoms with Crippen molar-refractivity contribution in [3.63, 3.8) is 0 Å². The van der Waals surface area contributed by atoms with Crippen LogP contribution in [0, 0.1) is 19.8 Å². The summed E-state index contributed by atoms with van der Waals surface area (Å²) >= 11 is 0. The first-order chi connectivity index (χ1) is 19.3. The molecule has 2 aliphatic rings. The van der Waals surface area contributed by atoms with E-state index < -0.39 is 14.4 Å². The topological polar surface area (TPSA) is 70.1 Å². The van der Waals surface area contributed by atoms with Crippen molar-refractivity contribution in [1.29, 1.82) is 0 Å². The standard InChI is InChI=1S/C34H50N2O4Si/c1-24-10-8-12-28(25(24)2)22-36(29-17-18-29)32(37)31-23-35(33(38)39)20-19-30(31)27-15-13-26(14-16-27)11-9-21-40-41(6,7)34(3,4)5/h8,10,12-16,29-31H,9,11,17-23H2,1-7H3,(H,38,39). The van der Waals surface area contributed by atoms with E-state index in [-0.39, 0.29) is 35.4 Å². The Labute approximate surface area is 248 Å². The Morgan fingerprint density at radius 1 is 1.05 bits per heavy atom. The molecule has 2 atom stereocenters. The van der Waals surface area contributed by atoms with Crippen LogP contribution in [0.15, 0.2) is 42.5 Å². The van der Waals surface area contributed by atoms with Crippen LogP contribution in [-0.2, 0) is 22.2 Å². The number of carboxylic acid groups (broad SMARTS) is 1. The first-order valence-electron chi connectivity index (χ1n) is 15.3. The van der Waals surface area contributed by atoms with E-state index in [2.05, 4.69) is 90.2 Å². The molecule has 0 aromatic heterocycles. The molecule has 1 saturated carbocycles. The molecular weight excluding hydrogens is 528 g/mol. The fourth-order valence-electron chi connectivity index (χ4n) is 5.68. The number of hydrogen-bond donors (Lipinski definition) is 1. The van der Waals surface area contributed by atoms with Crippen LogP contribution in [-0.4, -0.2) is 61.0 Å². The average molecular weight is 579 g/mol. The van der Waals surface area contributed by atoms with Crippen LogP contribution in [0.25, 0.3) is 0 Å². The van der Waals surface area contributed by atoms with Gasteiger partial charge >= 0.3 is 6.09 Å². The van der Waals surface area contributed by atoms with E-state index in [0.29, 0.717) is 19.5 Å². The lowest BCUT2D eigenvalue weighted by Crippen LogP contribution is -2.49. The third-order valence-corrected chi connectivity index (χ3v) is 14.4. The third-order valence-electron chi connectivity index (χ3n) is 9.82. The van der Waals surface area contributed by atoms with Gasteiger partial charge in [0.1, 0.15) is 0 Å². The molecule has 2 fully saturated rings. The summed E-state index contributed by atoms with van der Waals surface area (Å²) in [6.07, 6.45) is 3.70. The number of nitrogens with zero attached hydrogens (tertiary/aromatic N) is 2. The number of amides is 2. The molecule has 224 valence electrons. The molecule has 1 aliphatic heterocycles. The van der Waals surface area contributed by atoms with Gasteiger partial charge in [0.25, 0.3) is 0 Å². The largest absolute Gasteiger partial charge is 0.465 e. The number of carbonyl (C=O) groups is 2. The highest BCUT2D eigenvalue weighted by Gasteiger charge is 2.43. The smallest absolute Gasteiger partial charge is 0.407 e. The maximum atomic E-state index is 14.2. The first kappa shape index (κ1) is 31.3. The van der Waals surface area contributed by atoms with Gasteiger partial charge < -0.3 is 19.3 Å². The lowest BCUT2D eigenvalue weighted by Gasteiger charge is -2.39. The van der Waals surface area contributed by atoms with Gasteiger partial charge in [0.2, 0.25) is 5.91 Å². The lowest BCUT2D eigenvalue weighted by atomic mass is 9.79. The van der Waals surface area contributed by atoms with Gasteiger partial charge in [-0.05, 0) is 97.8 Å². The molecule has 1 saturated heterocycles. The Balaban J connectivity index is 1.47. The van der Waals surface area contributed by atoms with Gasteiger partial charge in [-0.25, -0.2) is 4.79 Å². The molecule has 0 spiro atoms. The van der Waals surface area contributed by atoms with Crippen molar-refractivity contribution in [3.05, 3.63) is 70.3 Å². The van der Waals surface area contributed by atoms with E-state index in [4.69, 9.17) is 4.43 Å². The molecule has 6 nitrogen and oxygen atoms in total. The van der Waals surface area contributed by atoms with Gasteiger partial charge in [0.05, 0.1) is 5.92 Å². The van der Waals surface area contributed by atoms with Crippen molar-refractivity contribution in [2.75, 3.05) is 19.7 Å². The zero-order valence-electron chi connectivity index (χ0n) is 26.2. The van der Waals surface area contributed by atoms with E-state index in [1.165, 1.54) is 27.2 Å². The van der Waals surface area contributed by atoms with E-state index in [1.807, 2.05) is 4.90 Å². The van der Waals surface area contributed by atoms with Gasteiger partial charge in [0, 0.05) is 32.3 Å². The number of aryl methyl sites for hydroxylation is 2. The first-order valence-corrected chi connectivity index (χ1v) is 18.3. The number of rotatable bonds is 10. The monoisotopic (exact) mass is 578 g/mol. The molecule has 0 bridgehead atoms. The Kier molecular flexibility index (Phi) is 9.69. The average Bonchev–Trinajstić information content (AvgIpc) is 3.76. The molecule has 7 heteroatoms. The molecule has 4 rings (SSSR count). The van der Waals surface area contributed by atoms with Gasteiger partial charge in [-0.15, -0.1) is 0 Å². The molecule has 0 radical (unpaired) electrons. The summed E-state index contributed by atoms with van der Waals surface area (Å²) in [4.78, 5) is 29.6. The molecule has 1 aliphatic carbocycles. The summed E-state index contributed by atoms with van der Waals surface area (Å²) in [6.45, 7) is 17.7. The van der Waals surface area contributed by atoms with Crippen molar-refractivity contribution >= 4 is 20.3 Å². The minimum Gasteiger partial charge on any atom is -0.465 e. The lowest BCUT2D eigenvalue weighted by molar-refractivity contribution is -0.139. The number of carbonyl (C=O) groups excluding carboxylic acids is 1. The minimum absolute atomic E-state index is 0.00826. The number of hydrogen-bond acceptors (Lipinski definition) is 3.